The fourth-order valence-electron chi connectivity index (χ4n) is 2.81. The maximum absolute atomic E-state index is 12.4. The van der Waals surface area contributed by atoms with Gasteiger partial charge in [-0.15, -0.1) is 21.5 Å². The molecule has 0 saturated heterocycles. The zero-order valence-electron chi connectivity index (χ0n) is 16.4. The molecule has 0 bridgehead atoms. The minimum atomic E-state index is -0.144. The second kappa shape index (κ2) is 9.98. The van der Waals surface area contributed by atoms with Crippen LogP contribution in [0.15, 0.2) is 34.8 Å². The molecule has 0 aliphatic heterocycles. The summed E-state index contributed by atoms with van der Waals surface area (Å²) in [4.78, 5) is 13.7. The van der Waals surface area contributed by atoms with E-state index < -0.39 is 0 Å². The molecule has 0 aliphatic carbocycles. The monoisotopic (exact) mass is 468 g/mol. The number of aromatic nitrogens is 3. The third-order valence-electron chi connectivity index (χ3n) is 4.13. The number of carbonyl (C=O) groups excluding carboxylic acids is 1. The van der Waals surface area contributed by atoms with Crippen LogP contribution < -0.4 is 5.32 Å². The lowest BCUT2D eigenvalue weighted by Gasteiger charge is -2.13. The van der Waals surface area contributed by atoms with Gasteiger partial charge in [0.05, 0.1) is 15.8 Å². The highest BCUT2D eigenvalue weighted by atomic mass is 35.5. The van der Waals surface area contributed by atoms with E-state index in [0.29, 0.717) is 15.7 Å². The number of hydrogen-bond donors (Lipinski definition) is 1. The minimum absolute atomic E-state index is 0.144. The zero-order valence-corrected chi connectivity index (χ0v) is 19.6. The topological polar surface area (TPSA) is 59.8 Å². The van der Waals surface area contributed by atoms with Crippen molar-refractivity contribution in [1.29, 1.82) is 0 Å². The number of nitrogens with zero attached hydrogens (tertiary/aromatic N) is 3. The smallest absolute Gasteiger partial charge is 0.234 e. The van der Waals surface area contributed by atoms with Crippen LogP contribution in [0, 0.1) is 0 Å². The van der Waals surface area contributed by atoms with Gasteiger partial charge in [-0.1, -0.05) is 48.3 Å². The predicted molar refractivity (Wildman–Crippen MR) is 124 cm³/mol. The third kappa shape index (κ3) is 5.54. The highest BCUT2D eigenvalue weighted by Crippen LogP contribution is 2.31. The molecule has 3 rings (SSSR count). The van der Waals surface area contributed by atoms with Gasteiger partial charge in [0, 0.05) is 27.5 Å². The highest BCUT2D eigenvalue weighted by molar-refractivity contribution is 7.99. The van der Waals surface area contributed by atoms with E-state index >= 15 is 0 Å². The van der Waals surface area contributed by atoms with Crippen molar-refractivity contribution in [3.63, 3.8) is 0 Å². The lowest BCUT2D eigenvalue weighted by molar-refractivity contribution is -0.113. The van der Waals surface area contributed by atoms with Crippen LogP contribution in [0.2, 0.25) is 10.0 Å². The van der Waals surface area contributed by atoms with E-state index in [-0.39, 0.29) is 17.7 Å². The fraction of sp³-hybridized carbons (Fsp3) is 0.350. The average Bonchev–Trinajstić information content (AvgIpc) is 3.30. The van der Waals surface area contributed by atoms with Crippen LogP contribution in [0.5, 0.6) is 0 Å². The molecular weight excluding hydrogens is 447 g/mol. The van der Waals surface area contributed by atoms with E-state index in [9.17, 15) is 4.79 Å². The number of thioether (sulfide) groups is 1. The SMILES string of the molecule is CCCc1cc(-c2nnc(SCC(=O)Nc3ccc(Cl)c(Cl)c3)n2C(C)C)cs1. The first-order chi connectivity index (χ1) is 13.9. The van der Waals surface area contributed by atoms with E-state index in [1.807, 2.05) is 0 Å². The normalized spacial score (nSPS) is 11.2. The Morgan fingerprint density at radius 1 is 1.24 bits per heavy atom. The number of rotatable bonds is 8. The van der Waals surface area contributed by atoms with Gasteiger partial charge in [0.2, 0.25) is 5.91 Å². The predicted octanol–water partition coefficient (Wildman–Crippen LogP) is 6.58. The summed E-state index contributed by atoms with van der Waals surface area (Å²) in [5.41, 5.74) is 1.68. The second-order valence-corrected chi connectivity index (χ2v) is 9.54. The first-order valence-corrected chi connectivity index (χ1v) is 11.9. The van der Waals surface area contributed by atoms with Crippen molar-refractivity contribution in [2.45, 2.75) is 44.8 Å². The van der Waals surface area contributed by atoms with Crippen LogP contribution in [0.1, 0.15) is 38.1 Å². The van der Waals surface area contributed by atoms with Gasteiger partial charge in [-0.2, -0.15) is 0 Å². The lowest BCUT2D eigenvalue weighted by atomic mass is 10.2. The van der Waals surface area contributed by atoms with Gasteiger partial charge in [-0.05, 0) is 44.5 Å². The summed E-state index contributed by atoms with van der Waals surface area (Å²) in [6.07, 6.45) is 2.18. The van der Waals surface area contributed by atoms with Crippen molar-refractivity contribution < 1.29 is 4.79 Å². The Morgan fingerprint density at radius 3 is 2.72 bits per heavy atom. The summed E-state index contributed by atoms with van der Waals surface area (Å²) in [6.45, 7) is 6.35. The zero-order chi connectivity index (χ0) is 21.0. The van der Waals surface area contributed by atoms with Gasteiger partial charge in [0.25, 0.3) is 0 Å². The van der Waals surface area contributed by atoms with Crippen molar-refractivity contribution in [1.82, 2.24) is 14.8 Å². The van der Waals surface area contributed by atoms with Crippen LogP contribution in [-0.4, -0.2) is 26.4 Å². The molecule has 0 radical (unpaired) electrons. The maximum atomic E-state index is 12.4. The molecule has 1 amide bonds. The Labute approximate surface area is 188 Å². The van der Waals surface area contributed by atoms with Crippen molar-refractivity contribution >= 4 is 57.9 Å². The molecule has 5 nitrogen and oxygen atoms in total. The minimum Gasteiger partial charge on any atom is -0.325 e. The number of carbonyl (C=O) groups is 1. The lowest BCUT2D eigenvalue weighted by Crippen LogP contribution is -2.15. The molecule has 1 aromatic carbocycles. The number of benzene rings is 1. The third-order valence-corrected chi connectivity index (χ3v) is 6.80. The Hall–Kier alpha value is -1.54. The number of thiophene rings is 1. The Morgan fingerprint density at radius 2 is 2.03 bits per heavy atom. The molecular formula is C20H22Cl2N4OS2. The second-order valence-electron chi connectivity index (χ2n) is 6.79. The Bertz CT molecular complexity index is 1000. The first kappa shape index (κ1) is 22.2. The molecule has 154 valence electrons. The van der Waals surface area contributed by atoms with Gasteiger partial charge in [-0.3, -0.25) is 9.36 Å². The quantitative estimate of drug-likeness (QED) is 0.379. The van der Waals surface area contributed by atoms with Crippen molar-refractivity contribution in [2.24, 2.45) is 0 Å². The van der Waals surface area contributed by atoms with Crippen LogP contribution >= 0.6 is 46.3 Å². The van der Waals surface area contributed by atoms with Crippen LogP contribution in [0.3, 0.4) is 0 Å². The molecule has 0 atom stereocenters. The summed E-state index contributed by atoms with van der Waals surface area (Å²) in [5.74, 6) is 0.913. The molecule has 3 aromatic rings. The van der Waals surface area contributed by atoms with Gasteiger partial charge >= 0.3 is 0 Å². The number of nitrogens with one attached hydrogen (secondary N) is 1. The van der Waals surface area contributed by atoms with Crippen LogP contribution in [0.25, 0.3) is 11.4 Å². The molecule has 1 N–H and O–H groups in total. The van der Waals surface area contributed by atoms with Crippen molar-refractivity contribution in [3.05, 3.63) is 44.6 Å². The molecule has 29 heavy (non-hydrogen) atoms. The number of aryl methyl sites for hydroxylation is 1. The van der Waals surface area contributed by atoms with Crippen LogP contribution in [-0.2, 0) is 11.2 Å². The van der Waals surface area contributed by atoms with Crippen LogP contribution in [0.4, 0.5) is 5.69 Å². The maximum Gasteiger partial charge on any atom is 0.234 e. The van der Waals surface area contributed by atoms with Crippen molar-refractivity contribution in [2.75, 3.05) is 11.1 Å². The summed E-state index contributed by atoms with van der Waals surface area (Å²) in [5, 5.41) is 15.3. The van der Waals surface area contributed by atoms with Gasteiger partial charge < -0.3 is 5.32 Å². The number of amides is 1. The molecule has 9 heteroatoms. The standard InChI is InChI=1S/C20H22Cl2N4OS2/c1-4-5-15-8-13(10-28-15)19-24-25-20(26(19)12(2)3)29-11-18(27)23-14-6-7-16(21)17(22)9-14/h6-10,12H,4-5,11H2,1-3H3,(H,23,27). The Kier molecular flexibility index (Phi) is 7.62. The van der Waals surface area contributed by atoms with Gasteiger partial charge in [0.15, 0.2) is 11.0 Å². The molecule has 0 aliphatic rings. The van der Waals surface area contributed by atoms with Gasteiger partial charge in [0.1, 0.15) is 0 Å². The van der Waals surface area contributed by atoms with E-state index in [1.165, 1.54) is 16.6 Å². The average molecular weight is 469 g/mol. The molecule has 0 spiro atoms. The highest BCUT2D eigenvalue weighted by Gasteiger charge is 2.19. The molecule has 0 saturated carbocycles. The number of anilines is 1. The molecule has 2 aromatic heterocycles. The summed E-state index contributed by atoms with van der Waals surface area (Å²) in [6, 6.07) is 7.36. The van der Waals surface area contributed by atoms with E-state index in [2.05, 4.69) is 52.3 Å². The number of hydrogen-bond acceptors (Lipinski definition) is 5. The summed E-state index contributed by atoms with van der Waals surface area (Å²) < 4.78 is 2.08. The molecule has 2 heterocycles. The largest absolute Gasteiger partial charge is 0.325 e. The van der Waals surface area contributed by atoms with E-state index in [0.717, 1.165) is 29.4 Å². The Balaban J connectivity index is 1.71. The number of halogens is 2. The summed E-state index contributed by atoms with van der Waals surface area (Å²) >= 11 is 15.0. The van der Waals surface area contributed by atoms with E-state index in [4.69, 9.17) is 23.2 Å². The van der Waals surface area contributed by atoms with E-state index in [1.54, 1.807) is 29.5 Å². The molecule has 0 unspecified atom stereocenters. The summed E-state index contributed by atoms with van der Waals surface area (Å²) in [7, 11) is 0. The first-order valence-electron chi connectivity index (χ1n) is 9.29. The molecule has 0 fully saturated rings. The van der Waals surface area contributed by atoms with Gasteiger partial charge in [-0.25, -0.2) is 0 Å². The fourth-order valence-corrected chi connectivity index (χ4v) is 4.95. The van der Waals surface area contributed by atoms with Crippen molar-refractivity contribution in [3.8, 4) is 11.4 Å².